The van der Waals surface area contributed by atoms with E-state index in [0.717, 1.165) is 18.2 Å². The van der Waals surface area contributed by atoms with Gasteiger partial charge in [0.2, 0.25) is 5.88 Å². The zero-order chi connectivity index (χ0) is 13.1. The van der Waals surface area contributed by atoms with Gasteiger partial charge in [0.25, 0.3) is 0 Å². The van der Waals surface area contributed by atoms with Crippen molar-refractivity contribution in [2.24, 2.45) is 5.73 Å². The summed E-state index contributed by atoms with van der Waals surface area (Å²) in [6, 6.07) is 5.97. The topological polar surface area (TPSA) is 48.1 Å². The molecular formula is C12H8F2N2OS. The minimum Gasteiger partial charge on any atom is -0.439 e. The molecule has 0 bridgehead atoms. The van der Waals surface area contributed by atoms with Crippen molar-refractivity contribution >= 4 is 17.2 Å². The first kappa shape index (κ1) is 12.4. The number of hydrogen-bond acceptors (Lipinski definition) is 3. The number of ether oxygens (including phenoxy) is 1. The molecule has 0 radical (unpaired) electrons. The number of pyridine rings is 1. The van der Waals surface area contributed by atoms with Gasteiger partial charge < -0.3 is 10.5 Å². The first-order valence-electron chi connectivity index (χ1n) is 4.94. The molecule has 2 N–H and O–H groups in total. The molecule has 18 heavy (non-hydrogen) atoms. The molecule has 0 saturated heterocycles. The Labute approximate surface area is 107 Å². The second kappa shape index (κ2) is 5.05. The van der Waals surface area contributed by atoms with Gasteiger partial charge in [-0.25, -0.2) is 13.8 Å². The number of rotatable bonds is 3. The average Bonchev–Trinajstić information content (AvgIpc) is 2.27. The third-order valence-corrected chi connectivity index (χ3v) is 2.31. The summed E-state index contributed by atoms with van der Waals surface area (Å²) in [7, 11) is 0. The first-order valence-corrected chi connectivity index (χ1v) is 5.35. The Balaban J connectivity index is 2.28. The molecule has 0 aliphatic carbocycles. The van der Waals surface area contributed by atoms with Crippen molar-refractivity contribution in [3.63, 3.8) is 0 Å². The van der Waals surface area contributed by atoms with Crippen LogP contribution in [0.15, 0.2) is 36.5 Å². The van der Waals surface area contributed by atoms with Gasteiger partial charge in [0.05, 0.1) is 0 Å². The van der Waals surface area contributed by atoms with E-state index in [-0.39, 0.29) is 16.6 Å². The number of thiocarbonyl (C=S) groups is 1. The van der Waals surface area contributed by atoms with Gasteiger partial charge in [-0.3, -0.25) is 0 Å². The lowest BCUT2D eigenvalue weighted by Gasteiger charge is -2.06. The second-order valence-corrected chi connectivity index (χ2v) is 3.89. The third-order valence-electron chi connectivity index (χ3n) is 2.08. The molecule has 0 amide bonds. The SMILES string of the molecule is NC(=S)c1ccnc(Oc2cc(F)cc(F)c2)c1. The molecule has 0 atom stereocenters. The molecule has 3 nitrogen and oxygen atoms in total. The number of nitrogens with zero attached hydrogens (tertiary/aromatic N) is 1. The molecule has 0 unspecified atom stereocenters. The average molecular weight is 266 g/mol. The van der Waals surface area contributed by atoms with Crippen molar-refractivity contribution in [3.05, 3.63) is 53.7 Å². The highest BCUT2D eigenvalue weighted by atomic mass is 32.1. The quantitative estimate of drug-likeness (QED) is 0.868. The molecule has 2 rings (SSSR count). The zero-order valence-corrected chi connectivity index (χ0v) is 9.88. The number of aromatic nitrogens is 1. The van der Waals surface area contributed by atoms with Crippen LogP contribution in [0.4, 0.5) is 8.78 Å². The van der Waals surface area contributed by atoms with E-state index >= 15 is 0 Å². The van der Waals surface area contributed by atoms with Gasteiger partial charge >= 0.3 is 0 Å². The van der Waals surface area contributed by atoms with E-state index in [2.05, 4.69) is 4.98 Å². The van der Waals surface area contributed by atoms with E-state index in [1.807, 2.05) is 0 Å². The number of hydrogen-bond donors (Lipinski definition) is 1. The summed E-state index contributed by atoms with van der Waals surface area (Å²) in [6.45, 7) is 0. The Kier molecular flexibility index (Phi) is 3.47. The zero-order valence-electron chi connectivity index (χ0n) is 9.06. The standard InChI is InChI=1S/C12H8F2N2OS/c13-8-4-9(14)6-10(5-8)17-11-3-7(12(15)18)1-2-16-11/h1-6H,(H2,15,18). The van der Waals surface area contributed by atoms with Crippen LogP contribution in [0.3, 0.4) is 0 Å². The van der Waals surface area contributed by atoms with Crippen LogP contribution in [0, 0.1) is 11.6 Å². The molecule has 0 saturated carbocycles. The summed E-state index contributed by atoms with van der Waals surface area (Å²) in [5.74, 6) is -1.28. The highest BCUT2D eigenvalue weighted by Gasteiger charge is 2.05. The van der Waals surface area contributed by atoms with Crippen LogP contribution in [0.25, 0.3) is 0 Å². The van der Waals surface area contributed by atoms with E-state index < -0.39 is 11.6 Å². The number of nitrogens with two attached hydrogens (primary N) is 1. The van der Waals surface area contributed by atoms with Gasteiger partial charge in [-0.15, -0.1) is 0 Å². The fourth-order valence-electron chi connectivity index (χ4n) is 1.33. The highest BCUT2D eigenvalue weighted by Crippen LogP contribution is 2.22. The minimum atomic E-state index is -0.726. The normalized spacial score (nSPS) is 10.1. The summed E-state index contributed by atoms with van der Waals surface area (Å²) in [4.78, 5) is 4.08. The lowest BCUT2D eigenvalue weighted by atomic mass is 10.2. The molecular weight excluding hydrogens is 258 g/mol. The van der Waals surface area contributed by atoms with Gasteiger partial charge in [-0.1, -0.05) is 12.2 Å². The fraction of sp³-hybridized carbons (Fsp3) is 0. The van der Waals surface area contributed by atoms with Gasteiger partial charge in [-0.05, 0) is 6.07 Å². The minimum absolute atomic E-state index is 0.0140. The molecule has 1 aromatic carbocycles. The summed E-state index contributed by atoms with van der Waals surface area (Å²) in [5.41, 5.74) is 6.01. The van der Waals surface area contributed by atoms with Crippen LogP contribution in [0.5, 0.6) is 11.6 Å². The van der Waals surface area contributed by atoms with E-state index in [0.29, 0.717) is 5.56 Å². The molecule has 0 aliphatic rings. The van der Waals surface area contributed by atoms with Crippen LogP contribution in [-0.4, -0.2) is 9.97 Å². The predicted octanol–water partition coefficient (Wildman–Crippen LogP) is 2.79. The Hall–Kier alpha value is -2.08. The molecule has 0 fully saturated rings. The summed E-state index contributed by atoms with van der Waals surface area (Å²) in [6.07, 6.45) is 1.44. The van der Waals surface area contributed by atoms with Gasteiger partial charge in [-0.2, -0.15) is 0 Å². The largest absolute Gasteiger partial charge is 0.439 e. The maximum atomic E-state index is 13.0. The van der Waals surface area contributed by atoms with Crippen molar-refractivity contribution < 1.29 is 13.5 Å². The summed E-state index contributed by atoms with van der Waals surface area (Å²) in [5, 5.41) is 0. The third kappa shape index (κ3) is 2.98. The molecule has 2 aromatic rings. The van der Waals surface area contributed by atoms with Crippen LogP contribution in [0.2, 0.25) is 0 Å². The molecule has 6 heteroatoms. The Morgan fingerprint density at radius 1 is 1.17 bits per heavy atom. The maximum Gasteiger partial charge on any atom is 0.219 e. The Morgan fingerprint density at radius 3 is 2.44 bits per heavy atom. The number of benzene rings is 1. The van der Waals surface area contributed by atoms with Crippen LogP contribution >= 0.6 is 12.2 Å². The van der Waals surface area contributed by atoms with Crippen molar-refractivity contribution in [3.8, 4) is 11.6 Å². The van der Waals surface area contributed by atoms with Crippen molar-refractivity contribution in [2.45, 2.75) is 0 Å². The smallest absolute Gasteiger partial charge is 0.219 e. The van der Waals surface area contributed by atoms with Crippen molar-refractivity contribution in [2.75, 3.05) is 0 Å². The van der Waals surface area contributed by atoms with Gasteiger partial charge in [0, 0.05) is 36.0 Å². The van der Waals surface area contributed by atoms with Crippen molar-refractivity contribution in [1.82, 2.24) is 4.98 Å². The lowest BCUT2D eigenvalue weighted by molar-refractivity contribution is 0.451. The van der Waals surface area contributed by atoms with Crippen LogP contribution < -0.4 is 10.5 Å². The van der Waals surface area contributed by atoms with Crippen LogP contribution in [0.1, 0.15) is 5.56 Å². The van der Waals surface area contributed by atoms with E-state index in [1.165, 1.54) is 12.3 Å². The second-order valence-electron chi connectivity index (χ2n) is 3.45. The van der Waals surface area contributed by atoms with Gasteiger partial charge in [0.1, 0.15) is 22.4 Å². The molecule has 1 heterocycles. The molecule has 0 spiro atoms. The lowest BCUT2D eigenvalue weighted by Crippen LogP contribution is -2.09. The molecule has 1 aromatic heterocycles. The summed E-state index contributed by atoms with van der Waals surface area (Å²) < 4.78 is 31.1. The Morgan fingerprint density at radius 2 is 1.83 bits per heavy atom. The fourth-order valence-corrected chi connectivity index (χ4v) is 1.45. The monoisotopic (exact) mass is 266 g/mol. The van der Waals surface area contributed by atoms with E-state index in [4.69, 9.17) is 22.7 Å². The Bertz CT molecular complexity index is 584. The molecule has 92 valence electrons. The summed E-state index contributed by atoms with van der Waals surface area (Å²) >= 11 is 4.80. The van der Waals surface area contributed by atoms with Crippen molar-refractivity contribution in [1.29, 1.82) is 0 Å². The van der Waals surface area contributed by atoms with Gasteiger partial charge in [0.15, 0.2) is 0 Å². The predicted molar refractivity (Wildman–Crippen MR) is 66.6 cm³/mol. The maximum absolute atomic E-state index is 13.0. The van der Waals surface area contributed by atoms with Crippen LogP contribution in [-0.2, 0) is 0 Å². The number of halogens is 2. The first-order chi connectivity index (χ1) is 8.54. The van der Waals surface area contributed by atoms with E-state index in [1.54, 1.807) is 6.07 Å². The molecule has 0 aliphatic heterocycles. The highest BCUT2D eigenvalue weighted by molar-refractivity contribution is 7.80. The van der Waals surface area contributed by atoms with E-state index in [9.17, 15) is 8.78 Å².